The molecule has 230 valence electrons. The molecule has 2 unspecified atom stereocenters. The molecule has 0 bridgehead atoms. The van der Waals surface area contributed by atoms with Gasteiger partial charge in [0.15, 0.2) is 0 Å². The number of benzene rings is 2. The number of anilines is 2. The molecule has 2 aromatic carbocycles. The second-order valence-electron chi connectivity index (χ2n) is 11.6. The van der Waals surface area contributed by atoms with Gasteiger partial charge in [-0.05, 0) is 81.1 Å². The number of carbonyl (C=O) groups is 3. The molecule has 3 aliphatic rings. The number of amides is 4. The van der Waals surface area contributed by atoms with Gasteiger partial charge in [-0.2, -0.15) is 0 Å². The van der Waals surface area contributed by atoms with Crippen molar-refractivity contribution < 1.29 is 27.9 Å². The van der Waals surface area contributed by atoms with Crippen LogP contribution in [0.25, 0.3) is 0 Å². The lowest BCUT2D eigenvalue weighted by atomic mass is 9.97. The van der Waals surface area contributed by atoms with Gasteiger partial charge in [0, 0.05) is 43.4 Å². The third-order valence-corrected chi connectivity index (χ3v) is 8.88. The number of nitrogens with zero attached hydrogens (tertiary/aromatic N) is 3. The Morgan fingerprint density at radius 3 is 2.30 bits per heavy atom. The van der Waals surface area contributed by atoms with E-state index in [1.807, 2.05) is 0 Å². The Morgan fingerprint density at radius 2 is 1.61 bits per heavy atom. The monoisotopic (exact) mass is 604 g/mol. The molecule has 3 fully saturated rings. The molecule has 10 nitrogen and oxygen atoms in total. The fraction of sp³-hybridized carbons (Fsp3) is 0.375. The van der Waals surface area contributed by atoms with E-state index in [4.69, 9.17) is 10.5 Å². The number of nitrogens with one attached hydrogen (secondary N) is 2. The molecule has 6 rings (SSSR count). The van der Waals surface area contributed by atoms with Gasteiger partial charge in [0.2, 0.25) is 11.8 Å². The molecular formula is C32H34F2N6O4. The Hall–Kier alpha value is -4.58. The first-order chi connectivity index (χ1) is 21.2. The van der Waals surface area contributed by atoms with Crippen molar-refractivity contribution >= 4 is 29.4 Å². The van der Waals surface area contributed by atoms with E-state index < -0.39 is 34.8 Å². The van der Waals surface area contributed by atoms with E-state index in [0.717, 1.165) is 32.0 Å². The van der Waals surface area contributed by atoms with Crippen LogP contribution in [-0.4, -0.2) is 64.9 Å². The van der Waals surface area contributed by atoms with Gasteiger partial charge in [0.1, 0.15) is 34.4 Å². The number of rotatable bonds is 8. The van der Waals surface area contributed by atoms with Gasteiger partial charge < -0.3 is 25.6 Å². The summed E-state index contributed by atoms with van der Waals surface area (Å²) in [5.41, 5.74) is 4.48. The van der Waals surface area contributed by atoms with Crippen LogP contribution in [0.2, 0.25) is 0 Å². The van der Waals surface area contributed by atoms with Crippen LogP contribution in [0.5, 0.6) is 11.5 Å². The Kier molecular flexibility index (Phi) is 8.17. The fourth-order valence-electron chi connectivity index (χ4n) is 6.30. The smallest absolute Gasteiger partial charge is 0.323 e. The lowest BCUT2D eigenvalue weighted by Crippen LogP contribution is -2.47. The van der Waals surface area contributed by atoms with E-state index in [1.54, 1.807) is 17.0 Å². The molecular weight excluding hydrogens is 570 g/mol. The highest BCUT2D eigenvalue weighted by Crippen LogP contribution is 2.59. The van der Waals surface area contributed by atoms with Crippen molar-refractivity contribution in [2.75, 3.05) is 36.8 Å². The first kappa shape index (κ1) is 29.5. The van der Waals surface area contributed by atoms with E-state index in [9.17, 15) is 18.8 Å². The predicted octanol–water partition coefficient (Wildman–Crippen LogP) is 4.84. The van der Waals surface area contributed by atoms with Crippen LogP contribution in [0.15, 0.2) is 60.8 Å². The maximum atomic E-state index is 15.0. The van der Waals surface area contributed by atoms with Gasteiger partial charge >= 0.3 is 6.03 Å². The summed E-state index contributed by atoms with van der Waals surface area (Å²) >= 11 is 0. The average Bonchev–Trinajstić information content (AvgIpc) is 3.55. The van der Waals surface area contributed by atoms with Crippen LogP contribution >= 0.6 is 0 Å². The molecule has 2 aliphatic heterocycles. The molecule has 12 heteroatoms. The van der Waals surface area contributed by atoms with Gasteiger partial charge in [-0.3, -0.25) is 14.9 Å². The maximum absolute atomic E-state index is 15.0. The average molecular weight is 605 g/mol. The Morgan fingerprint density at radius 1 is 0.909 bits per heavy atom. The van der Waals surface area contributed by atoms with Crippen molar-refractivity contribution in [1.29, 1.82) is 0 Å². The van der Waals surface area contributed by atoms with Crippen molar-refractivity contribution in [2.24, 2.45) is 11.1 Å². The number of hydrogen-bond acceptors (Lipinski definition) is 6. The van der Waals surface area contributed by atoms with Crippen LogP contribution in [0.4, 0.5) is 25.1 Å². The molecule has 4 amide bonds. The molecule has 2 atom stereocenters. The number of halogens is 2. The van der Waals surface area contributed by atoms with Crippen molar-refractivity contribution in [3.63, 3.8) is 0 Å². The topological polar surface area (TPSA) is 130 Å². The molecule has 2 saturated heterocycles. The number of urea groups is 1. The fourth-order valence-corrected chi connectivity index (χ4v) is 6.30. The van der Waals surface area contributed by atoms with E-state index in [1.165, 1.54) is 55.4 Å². The van der Waals surface area contributed by atoms with Gasteiger partial charge in [-0.25, -0.2) is 18.6 Å². The first-order valence-corrected chi connectivity index (χ1v) is 14.8. The van der Waals surface area contributed by atoms with E-state index in [-0.39, 0.29) is 23.9 Å². The zero-order chi connectivity index (χ0) is 30.8. The summed E-state index contributed by atoms with van der Waals surface area (Å²) in [5.74, 6) is -2.55. The van der Waals surface area contributed by atoms with Crippen LogP contribution in [0.3, 0.4) is 0 Å². The summed E-state index contributed by atoms with van der Waals surface area (Å²) in [7, 11) is 0. The van der Waals surface area contributed by atoms with Crippen molar-refractivity contribution in [3.8, 4) is 11.5 Å². The zero-order valence-electron chi connectivity index (χ0n) is 24.1. The minimum atomic E-state index is -1.55. The third kappa shape index (κ3) is 6.07. The van der Waals surface area contributed by atoms with Crippen molar-refractivity contribution in [3.05, 3.63) is 78.0 Å². The number of carbonyl (C=O) groups excluding carboxylic acids is 3. The Balaban J connectivity index is 1.05. The lowest BCUT2D eigenvalue weighted by Gasteiger charge is -2.36. The number of piperidine rings is 1. The standard InChI is InChI=1S/C32H34F2N6O4/c33-21-5-3-20(4-6-21)25-19-32(25,29(35)41)30(42)37-27-8-7-23(17-26(27)34)44-24-9-12-36-28(18-24)38-31(43)40-15-10-22(11-16-40)39-13-1-2-14-39/h3-9,12,17-18,22,25H,1-2,10-11,13-16,19H2,(H2,35,41)(H,37,42)(H,36,38,43). The highest BCUT2D eigenvalue weighted by atomic mass is 19.1. The lowest BCUT2D eigenvalue weighted by molar-refractivity contribution is -0.132. The number of primary amides is 1. The van der Waals surface area contributed by atoms with Gasteiger partial charge in [0.25, 0.3) is 0 Å². The minimum Gasteiger partial charge on any atom is -0.457 e. The van der Waals surface area contributed by atoms with E-state index in [2.05, 4.69) is 20.5 Å². The number of nitrogens with two attached hydrogens (primary N) is 1. The van der Waals surface area contributed by atoms with Crippen LogP contribution in [0, 0.1) is 17.0 Å². The highest BCUT2D eigenvalue weighted by molar-refractivity contribution is 6.14. The number of ether oxygens (including phenoxy) is 1. The Bertz CT molecular complexity index is 1560. The quantitative estimate of drug-likeness (QED) is 0.316. The maximum Gasteiger partial charge on any atom is 0.323 e. The van der Waals surface area contributed by atoms with Gasteiger partial charge in [-0.15, -0.1) is 0 Å². The molecule has 3 heterocycles. The molecule has 1 aromatic heterocycles. The molecule has 0 spiro atoms. The van der Waals surface area contributed by atoms with Crippen LogP contribution < -0.4 is 21.1 Å². The third-order valence-electron chi connectivity index (χ3n) is 8.88. The van der Waals surface area contributed by atoms with Gasteiger partial charge in [-0.1, -0.05) is 12.1 Å². The summed E-state index contributed by atoms with van der Waals surface area (Å²) in [6.07, 6.45) is 6.01. The zero-order valence-corrected chi connectivity index (χ0v) is 24.1. The normalized spacial score (nSPS) is 22.0. The first-order valence-electron chi connectivity index (χ1n) is 14.8. The molecule has 0 radical (unpaired) electrons. The summed E-state index contributed by atoms with van der Waals surface area (Å²) in [6.45, 7) is 3.64. The van der Waals surface area contributed by atoms with E-state index >= 15 is 4.39 Å². The molecule has 4 N–H and O–H groups in total. The summed E-state index contributed by atoms with van der Waals surface area (Å²) in [6, 6.07) is 12.8. The summed E-state index contributed by atoms with van der Waals surface area (Å²) in [5, 5.41) is 5.28. The van der Waals surface area contributed by atoms with Crippen LogP contribution in [0.1, 0.15) is 43.6 Å². The minimum absolute atomic E-state index is 0.139. The number of hydrogen-bond donors (Lipinski definition) is 3. The highest BCUT2D eigenvalue weighted by Gasteiger charge is 2.65. The van der Waals surface area contributed by atoms with Crippen molar-refractivity contribution in [2.45, 2.75) is 44.1 Å². The summed E-state index contributed by atoms with van der Waals surface area (Å²) in [4.78, 5) is 46.8. The van der Waals surface area contributed by atoms with Crippen LogP contribution in [-0.2, 0) is 9.59 Å². The molecule has 3 aromatic rings. The second-order valence-corrected chi connectivity index (χ2v) is 11.6. The number of aromatic nitrogens is 1. The molecule has 1 aliphatic carbocycles. The molecule has 1 saturated carbocycles. The summed E-state index contributed by atoms with van der Waals surface area (Å²) < 4.78 is 34.2. The number of pyridine rings is 1. The van der Waals surface area contributed by atoms with E-state index in [0.29, 0.717) is 36.3 Å². The largest absolute Gasteiger partial charge is 0.457 e. The Labute approximate surface area is 253 Å². The molecule has 44 heavy (non-hydrogen) atoms. The SMILES string of the molecule is NC(=O)C1(C(=O)Nc2ccc(Oc3ccnc(NC(=O)N4CCC(N5CCCC5)CC4)c3)cc2F)CC1c1ccc(F)cc1. The number of likely N-dealkylation sites (tertiary alicyclic amines) is 2. The second kappa shape index (κ2) is 12.2. The predicted molar refractivity (Wildman–Crippen MR) is 159 cm³/mol. The van der Waals surface area contributed by atoms with Gasteiger partial charge in [0.05, 0.1) is 5.69 Å². The van der Waals surface area contributed by atoms with Crippen molar-refractivity contribution in [1.82, 2.24) is 14.8 Å².